The van der Waals surface area contributed by atoms with Crippen LogP contribution < -0.4 is 5.73 Å². The van der Waals surface area contributed by atoms with Gasteiger partial charge in [0.15, 0.2) is 0 Å². The number of hydrogen-bond donors (Lipinski definition) is 2. The van der Waals surface area contributed by atoms with Crippen LogP contribution in [-0.2, 0) is 0 Å². The van der Waals surface area contributed by atoms with E-state index >= 15 is 0 Å². The lowest BCUT2D eigenvalue weighted by molar-refractivity contribution is 1.51. The number of aryl methyl sites for hydroxylation is 1. The Morgan fingerprint density at radius 1 is 1.33 bits per heavy atom. The van der Waals surface area contributed by atoms with Crippen LogP contribution in [0.3, 0.4) is 0 Å². The van der Waals surface area contributed by atoms with Gasteiger partial charge in [-0.1, -0.05) is 0 Å². The normalized spacial score (nSPS) is 10.8. The number of rotatable bonds is 0. The van der Waals surface area contributed by atoms with Crippen molar-refractivity contribution in [2.24, 2.45) is 0 Å². The lowest BCUT2D eigenvalue weighted by Gasteiger charge is -1.97. The largest absolute Gasteiger partial charge is 0.398 e. The van der Waals surface area contributed by atoms with Gasteiger partial charge >= 0.3 is 0 Å². The van der Waals surface area contributed by atoms with Crippen LogP contribution in [0.1, 0.15) is 5.56 Å². The van der Waals surface area contributed by atoms with Crippen molar-refractivity contribution in [3.8, 4) is 0 Å². The molecule has 2 aromatic rings. The van der Waals surface area contributed by atoms with E-state index in [1.807, 2.05) is 19.1 Å². The van der Waals surface area contributed by atoms with Crippen LogP contribution in [0.4, 0.5) is 5.69 Å². The second kappa shape index (κ2) is 2.68. The van der Waals surface area contributed by atoms with Crippen LogP contribution in [0.25, 0.3) is 10.1 Å². The molecule has 0 aliphatic heterocycles. The van der Waals surface area contributed by atoms with Crippen LogP contribution in [0.5, 0.6) is 0 Å². The molecule has 2 N–H and O–H groups in total. The minimum Gasteiger partial charge on any atom is -0.398 e. The molecule has 0 amide bonds. The molecule has 0 spiro atoms. The number of benzene rings is 1. The summed E-state index contributed by atoms with van der Waals surface area (Å²) in [5.74, 6) is 0. The van der Waals surface area contributed by atoms with Crippen molar-refractivity contribution in [2.45, 2.75) is 11.1 Å². The molecule has 62 valence electrons. The zero-order valence-corrected chi connectivity index (χ0v) is 8.38. The van der Waals surface area contributed by atoms with Crippen molar-refractivity contribution < 1.29 is 0 Å². The Bertz CT molecular complexity index is 431. The van der Waals surface area contributed by atoms with E-state index in [9.17, 15) is 0 Å². The number of thiol groups is 1. The van der Waals surface area contributed by atoms with Crippen molar-refractivity contribution in [2.75, 3.05) is 5.73 Å². The highest BCUT2D eigenvalue weighted by atomic mass is 32.2. The zero-order chi connectivity index (χ0) is 8.72. The molecule has 3 heteroatoms. The van der Waals surface area contributed by atoms with Crippen LogP contribution in [0.15, 0.2) is 22.4 Å². The van der Waals surface area contributed by atoms with E-state index in [2.05, 4.69) is 18.7 Å². The third-order valence-corrected chi connectivity index (χ3v) is 3.09. The molecule has 0 aliphatic carbocycles. The van der Waals surface area contributed by atoms with Gasteiger partial charge in [0.05, 0.1) is 4.21 Å². The summed E-state index contributed by atoms with van der Waals surface area (Å²) < 4.78 is 2.24. The van der Waals surface area contributed by atoms with Gasteiger partial charge < -0.3 is 5.73 Å². The number of thiophene rings is 1. The SMILES string of the molecule is Cc1cc(N)c2cc(S)sc2c1. The minimum atomic E-state index is 0.849. The van der Waals surface area contributed by atoms with E-state index in [0.29, 0.717) is 0 Å². The van der Waals surface area contributed by atoms with Gasteiger partial charge in [-0.2, -0.15) is 0 Å². The summed E-state index contributed by atoms with van der Waals surface area (Å²) >= 11 is 5.95. The maximum absolute atomic E-state index is 5.84. The zero-order valence-electron chi connectivity index (χ0n) is 6.66. The third kappa shape index (κ3) is 1.19. The molecular weight excluding hydrogens is 186 g/mol. The first-order chi connectivity index (χ1) is 5.66. The third-order valence-electron chi connectivity index (χ3n) is 1.80. The Morgan fingerprint density at radius 3 is 2.83 bits per heavy atom. The maximum atomic E-state index is 5.84. The lowest BCUT2D eigenvalue weighted by atomic mass is 10.1. The van der Waals surface area contributed by atoms with Crippen molar-refractivity contribution in [3.05, 3.63) is 23.8 Å². The summed E-state index contributed by atoms with van der Waals surface area (Å²) in [6.45, 7) is 2.05. The Kier molecular flexibility index (Phi) is 1.77. The monoisotopic (exact) mass is 195 g/mol. The van der Waals surface area contributed by atoms with Crippen molar-refractivity contribution in [1.29, 1.82) is 0 Å². The fourth-order valence-electron chi connectivity index (χ4n) is 1.30. The molecule has 2 rings (SSSR count). The molecule has 1 aromatic carbocycles. The number of fused-ring (bicyclic) bond motifs is 1. The highest BCUT2D eigenvalue weighted by molar-refractivity contribution is 7.83. The molecule has 1 heterocycles. The molecule has 0 radical (unpaired) electrons. The number of nitrogens with two attached hydrogens (primary N) is 1. The van der Waals surface area contributed by atoms with E-state index in [1.54, 1.807) is 11.3 Å². The number of anilines is 1. The molecule has 0 unspecified atom stereocenters. The highest BCUT2D eigenvalue weighted by Gasteiger charge is 2.02. The first-order valence-electron chi connectivity index (χ1n) is 3.65. The summed E-state index contributed by atoms with van der Waals surface area (Å²) in [7, 11) is 0. The Labute approximate surface area is 80.6 Å². The number of hydrogen-bond acceptors (Lipinski definition) is 3. The van der Waals surface area contributed by atoms with Crippen molar-refractivity contribution in [1.82, 2.24) is 0 Å². The van der Waals surface area contributed by atoms with E-state index < -0.39 is 0 Å². The molecule has 1 aromatic heterocycles. The van der Waals surface area contributed by atoms with Gasteiger partial charge in [0.25, 0.3) is 0 Å². The smallest absolute Gasteiger partial charge is 0.0581 e. The van der Waals surface area contributed by atoms with E-state index in [-0.39, 0.29) is 0 Å². The fourth-order valence-corrected chi connectivity index (χ4v) is 2.65. The topological polar surface area (TPSA) is 26.0 Å². The molecule has 12 heavy (non-hydrogen) atoms. The van der Waals surface area contributed by atoms with Crippen LogP contribution in [0, 0.1) is 6.92 Å². The van der Waals surface area contributed by atoms with Gasteiger partial charge in [-0.25, -0.2) is 0 Å². The first-order valence-corrected chi connectivity index (χ1v) is 4.92. The minimum absolute atomic E-state index is 0.849. The standard InChI is InChI=1S/C9H9NS2/c1-5-2-7(10)6-4-9(11)12-8(6)3-5/h2-4,11H,10H2,1H3. The van der Waals surface area contributed by atoms with E-state index in [1.165, 1.54) is 10.3 Å². The average Bonchev–Trinajstić information content (AvgIpc) is 2.29. The first kappa shape index (κ1) is 7.95. The molecule has 0 atom stereocenters. The number of nitrogen functional groups attached to an aromatic ring is 1. The van der Waals surface area contributed by atoms with Crippen LogP contribution >= 0.6 is 24.0 Å². The maximum Gasteiger partial charge on any atom is 0.0581 e. The summed E-state index contributed by atoms with van der Waals surface area (Å²) in [4.78, 5) is 0. The van der Waals surface area contributed by atoms with E-state index in [4.69, 9.17) is 5.73 Å². The molecule has 0 saturated carbocycles. The van der Waals surface area contributed by atoms with E-state index in [0.717, 1.165) is 15.3 Å². The van der Waals surface area contributed by atoms with Gasteiger partial charge in [0, 0.05) is 15.8 Å². The fraction of sp³-hybridized carbons (Fsp3) is 0.111. The highest BCUT2D eigenvalue weighted by Crippen LogP contribution is 2.32. The predicted octanol–water partition coefficient (Wildman–Crippen LogP) is 3.08. The van der Waals surface area contributed by atoms with Gasteiger partial charge in [0.2, 0.25) is 0 Å². The second-order valence-corrected chi connectivity index (χ2v) is 4.72. The Hall–Kier alpha value is -0.670. The summed E-state index contributed by atoms with van der Waals surface area (Å²) in [5.41, 5.74) is 7.90. The van der Waals surface area contributed by atoms with Crippen molar-refractivity contribution in [3.63, 3.8) is 0 Å². The van der Waals surface area contributed by atoms with Crippen molar-refractivity contribution >= 4 is 39.7 Å². The Morgan fingerprint density at radius 2 is 2.08 bits per heavy atom. The molecule has 0 aliphatic rings. The quantitative estimate of drug-likeness (QED) is 0.490. The molecule has 0 bridgehead atoms. The van der Waals surface area contributed by atoms with Gasteiger partial charge in [-0.05, 0) is 30.7 Å². The van der Waals surface area contributed by atoms with Crippen LogP contribution in [0.2, 0.25) is 0 Å². The predicted molar refractivity (Wildman–Crippen MR) is 58.2 cm³/mol. The molecule has 1 nitrogen and oxygen atoms in total. The second-order valence-electron chi connectivity index (χ2n) is 2.85. The molecule has 0 saturated heterocycles. The summed E-state index contributed by atoms with van der Waals surface area (Å²) in [6, 6.07) is 6.14. The van der Waals surface area contributed by atoms with Crippen LogP contribution in [-0.4, -0.2) is 0 Å². The summed E-state index contributed by atoms with van der Waals surface area (Å²) in [6.07, 6.45) is 0. The molecular formula is C9H9NS2. The average molecular weight is 195 g/mol. The molecule has 0 fully saturated rings. The lowest BCUT2D eigenvalue weighted by Crippen LogP contribution is -1.85. The Balaban J connectivity index is 2.88. The van der Waals surface area contributed by atoms with Gasteiger partial charge in [0.1, 0.15) is 0 Å². The summed E-state index contributed by atoms with van der Waals surface area (Å²) in [5, 5.41) is 1.12. The van der Waals surface area contributed by atoms with Gasteiger partial charge in [-0.15, -0.1) is 24.0 Å². The van der Waals surface area contributed by atoms with Gasteiger partial charge in [-0.3, -0.25) is 0 Å².